The molecule has 1 fully saturated rings. The first-order chi connectivity index (χ1) is 8.86. The van der Waals surface area contributed by atoms with E-state index in [9.17, 15) is 19.6 Å². The second-order valence-corrected chi connectivity index (χ2v) is 4.88. The Hall–Kier alpha value is 1.25. The Bertz CT molecular complexity index is 348. The van der Waals surface area contributed by atoms with Gasteiger partial charge in [-0.3, -0.25) is 9.36 Å². The second kappa shape index (κ2) is 11.7. The molecule has 0 aromatic rings. The van der Waals surface area contributed by atoms with Gasteiger partial charge in [-0.15, -0.1) is 0 Å². The summed E-state index contributed by atoms with van der Waals surface area (Å²) >= 11 is 0. The molecule has 1 amide bonds. The Morgan fingerprint density at radius 2 is 1.95 bits per heavy atom. The summed E-state index contributed by atoms with van der Waals surface area (Å²) in [6, 6.07) is -0.945. The van der Waals surface area contributed by atoms with Crippen molar-refractivity contribution in [3.05, 3.63) is 0 Å². The van der Waals surface area contributed by atoms with E-state index >= 15 is 0 Å². The maximum atomic E-state index is 11.0. The van der Waals surface area contributed by atoms with Crippen LogP contribution < -0.4 is 5.32 Å². The number of ether oxygens (including phenoxy) is 2. The molecular weight excluding hydrogens is 554 g/mol. The van der Waals surface area contributed by atoms with Gasteiger partial charge in [-0.05, 0) is 0 Å². The minimum absolute atomic E-state index is 0. The van der Waals surface area contributed by atoms with Gasteiger partial charge in [0.25, 0.3) is 0 Å². The van der Waals surface area contributed by atoms with Crippen molar-refractivity contribution in [2.24, 2.45) is 0 Å². The first-order valence-corrected chi connectivity index (χ1v) is 6.80. The van der Waals surface area contributed by atoms with Crippen LogP contribution in [-0.2, 0) is 77.1 Å². The number of hydrogen-bond donors (Lipinski definition) is 4. The fraction of sp³-hybridized carbons (Fsp3) is 0.889. The van der Waals surface area contributed by atoms with Gasteiger partial charge in [0.2, 0.25) is 5.91 Å². The van der Waals surface area contributed by atoms with Gasteiger partial charge in [-0.25, -0.2) is 0 Å². The molecule has 4 N–H and O–H groups in total. The van der Waals surface area contributed by atoms with Crippen LogP contribution >= 0.6 is 8.25 Å². The summed E-state index contributed by atoms with van der Waals surface area (Å²) in [6.07, 6.45) is -4.77. The first-order valence-electron chi connectivity index (χ1n) is 5.54. The molecule has 0 aliphatic carbocycles. The van der Waals surface area contributed by atoms with Crippen LogP contribution in [0.4, 0.5) is 0 Å². The van der Waals surface area contributed by atoms with Crippen molar-refractivity contribution < 1.29 is 92.2 Å². The molecule has 0 saturated carbocycles. The Morgan fingerprint density at radius 3 is 2.38 bits per heavy atom. The largest absolute Gasteiger partial charge is 0.388 e. The van der Waals surface area contributed by atoms with E-state index in [1.807, 2.05) is 0 Å². The minimum atomic E-state index is -3.16. The summed E-state index contributed by atoms with van der Waals surface area (Å²) < 4.78 is 25.2. The number of aliphatic hydroxyl groups is 2. The third kappa shape index (κ3) is 7.57. The second-order valence-electron chi connectivity index (χ2n) is 4.06. The van der Waals surface area contributed by atoms with Gasteiger partial charge in [0.05, 0.1) is 6.61 Å². The molecule has 1 rings (SSSR count). The average Bonchev–Trinajstić information content (AvgIpc) is 2.33. The Balaban J connectivity index is 0. The smallest absolute Gasteiger partial charge is 0.316 e. The molecule has 0 aromatic heterocycles. The van der Waals surface area contributed by atoms with Crippen LogP contribution in [0, 0.1) is 0 Å². The molecule has 0 aromatic carbocycles. The molecule has 9 nitrogen and oxygen atoms in total. The number of carbonyl (C=O) groups excluding carboxylic acids is 1. The molecule has 1 heterocycles. The summed E-state index contributed by atoms with van der Waals surface area (Å²) in [5, 5.41) is 22.1. The zero-order valence-corrected chi connectivity index (χ0v) is 18.2. The minimum Gasteiger partial charge on any atom is -0.388 e. The number of hydrogen-bond acceptors (Lipinski definition) is 7. The van der Waals surface area contributed by atoms with Crippen molar-refractivity contribution >= 4 is 14.2 Å². The van der Waals surface area contributed by atoms with Gasteiger partial charge in [-0.1, -0.05) is 0 Å². The van der Waals surface area contributed by atoms with Crippen LogP contribution in [0.1, 0.15) is 6.92 Å². The number of rotatable bonds is 5. The van der Waals surface area contributed by atoms with Crippen LogP contribution in [0.3, 0.4) is 0 Å². The van der Waals surface area contributed by atoms with E-state index in [1.54, 1.807) is 0 Å². The standard InChI is InChI=1S/C9H18NO8P.W.Y/c1-4(11)10-6-8(13)7(12)5(3-17-19(14)15)18-9(6)16-2;;/h5-9,12-13,19H,3H2,1-2H3,(H,10,11)(H,14,15);;. The zero-order chi connectivity index (χ0) is 14.6. The van der Waals surface area contributed by atoms with Crippen molar-refractivity contribution in [2.75, 3.05) is 13.7 Å². The monoisotopic (exact) mass is 572 g/mol. The molecule has 1 radical (unpaired) electrons. The van der Waals surface area contributed by atoms with Gasteiger partial charge in [-0.2, -0.15) is 0 Å². The van der Waals surface area contributed by atoms with E-state index in [-0.39, 0.29) is 60.4 Å². The average molecular weight is 572 g/mol. The van der Waals surface area contributed by atoms with Crippen molar-refractivity contribution in [3.63, 3.8) is 0 Å². The van der Waals surface area contributed by atoms with Crippen molar-refractivity contribution in [2.45, 2.75) is 37.6 Å². The van der Waals surface area contributed by atoms with E-state index < -0.39 is 44.8 Å². The molecule has 0 bridgehead atoms. The summed E-state index contributed by atoms with van der Waals surface area (Å²) in [5.41, 5.74) is 0. The van der Waals surface area contributed by atoms with E-state index in [2.05, 4.69) is 9.84 Å². The molecule has 6 unspecified atom stereocenters. The van der Waals surface area contributed by atoms with Crippen molar-refractivity contribution in [1.29, 1.82) is 0 Å². The number of amides is 1. The van der Waals surface area contributed by atoms with Crippen LogP contribution in [-0.4, -0.2) is 65.4 Å². The number of carbonyl (C=O) groups is 1. The molecule has 1 aliphatic rings. The predicted molar refractivity (Wildman–Crippen MR) is 62.5 cm³/mol. The SMILES string of the molecule is COC1OC(CO[PH](=O)O)C(O)C(O)C1NC(C)=O.[W].[Y]. The topological polar surface area (TPSA) is 135 Å². The predicted octanol–water partition coefficient (Wildman–Crippen LogP) is -2.02. The Kier molecular flexibility index (Phi) is 13.7. The first kappa shape index (κ1) is 24.5. The third-order valence-corrected chi connectivity index (χ3v) is 3.09. The Labute approximate surface area is 162 Å². The summed E-state index contributed by atoms with van der Waals surface area (Å²) in [7, 11) is -1.86. The molecular formula is C9H18NO8PWY. The zero-order valence-electron chi connectivity index (χ0n) is 11.5. The molecule has 1 aliphatic heterocycles. The third-order valence-electron chi connectivity index (χ3n) is 2.67. The molecule has 1 saturated heterocycles. The molecule has 21 heavy (non-hydrogen) atoms. The van der Waals surface area contributed by atoms with Crippen LogP contribution in [0.5, 0.6) is 0 Å². The van der Waals surface area contributed by atoms with Crippen LogP contribution in [0.15, 0.2) is 0 Å². The van der Waals surface area contributed by atoms with E-state index in [0.717, 1.165) is 0 Å². The number of methoxy groups -OCH3 is 1. The van der Waals surface area contributed by atoms with Gasteiger partial charge in [0.15, 0.2) is 6.29 Å². The van der Waals surface area contributed by atoms with Crippen LogP contribution in [0.2, 0.25) is 0 Å². The number of aliphatic hydroxyl groups excluding tert-OH is 2. The molecule has 121 valence electrons. The van der Waals surface area contributed by atoms with E-state index in [4.69, 9.17) is 14.4 Å². The van der Waals surface area contributed by atoms with Gasteiger partial charge in [0, 0.05) is 67.8 Å². The summed E-state index contributed by atoms with van der Waals surface area (Å²) in [6.45, 7) is 0.873. The summed E-state index contributed by atoms with van der Waals surface area (Å²) in [5.74, 6) is -0.419. The quantitative estimate of drug-likeness (QED) is 0.278. The normalized spacial score (nSPS) is 33.3. The number of nitrogens with one attached hydrogen (secondary N) is 1. The van der Waals surface area contributed by atoms with Crippen LogP contribution in [0.25, 0.3) is 0 Å². The molecule has 6 atom stereocenters. The van der Waals surface area contributed by atoms with Gasteiger partial charge in [0.1, 0.15) is 24.4 Å². The van der Waals surface area contributed by atoms with E-state index in [1.165, 1.54) is 14.0 Å². The van der Waals surface area contributed by atoms with Crippen molar-refractivity contribution in [1.82, 2.24) is 5.32 Å². The molecule has 0 spiro atoms. The molecule has 12 heteroatoms. The maximum Gasteiger partial charge on any atom is 0.316 e. The Morgan fingerprint density at radius 1 is 1.38 bits per heavy atom. The maximum absolute atomic E-state index is 11.0. The van der Waals surface area contributed by atoms with Crippen molar-refractivity contribution in [3.8, 4) is 0 Å². The summed E-state index contributed by atoms with van der Waals surface area (Å²) in [4.78, 5) is 19.6. The fourth-order valence-electron chi connectivity index (χ4n) is 1.81. The van der Waals surface area contributed by atoms with E-state index in [0.29, 0.717) is 0 Å². The van der Waals surface area contributed by atoms with Gasteiger partial charge < -0.3 is 34.4 Å². The van der Waals surface area contributed by atoms with Gasteiger partial charge >= 0.3 is 8.25 Å². The fourth-order valence-corrected chi connectivity index (χ4v) is 2.12.